The molecule has 9 nitrogen and oxygen atoms in total. The number of anilines is 1. The van der Waals surface area contributed by atoms with Crippen molar-refractivity contribution in [3.8, 4) is 5.75 Å². The number of ether oxygens (including phenoxy) is 1. The van der Waals surface area contributed by atoms with Crippen molar-refractivity contribution in [2.24, 2.45) is 0 Å². The highest BCUT2D eigenvalue weighted by Crippen LogP contribution is 2.30. The number of nitrogens with zero attached hydrogens (tertiary/aromatic N) is 3. The Labute approximate surface area is 206 Å². The van der Waals surface area contributed by atoms with Gasteiger partial charge in [-0.1, -0.05) is 6.42 Å². The summed E-state index contributed by atoms with van der Waals surface area (Å²) in [5, 5.41) is 2.79. The van der Waals surface area contributed by atoms with Crippen LogP contribution >= 0.6 is 0 Å². The van der Waals surface area contributed by atoms with Crippen LogP contribution in [-0.4, -0.2) is 87.8 Å². The van der Waals surface area contributed by atoms with E-state index in [-0.39, 0.29) is 22.1 Å². The molecule has 10 heteroatoms. The lowest BCUT2D eigenvalue weighted by Crippen LogP contribution is -2.47. The summed E-state index contributed by atoms with van der Waals surface area (Å²) in [6.45, 7) is 3.98. The summed E-state index contributed by atoms with van der Waals surface area (Å²) in [5.41, 5.74) is 1.28. The van der Waals surface area contributed by atoms with Crippen molar-refractivity contribution in [1.82, 2.24) is 14.1 Å². The van der Waals surface area contributed by atoms with E-state index in [2.05, 4.69) is 10.2 Å². The average molecular weight is 501 g/mol. The zero-order valence-electron chi connectivity index (χ0n) is 20.2. The van der Waals surface area contributed by atoms with Gasteiger partial charge < -0.3 is 19.9 Å². The van der Waals surface area contributed by atoms with Crippen LogP contribution in [0.25, 0.3) is 0 Å². The summed E-state index contributed by atoms with van der Waals surface area (Å²) < 4.78 is 33.2. The number of carbonyl (C=O) groups is 2. The van der Waals surface area contributed by atoms with Crippen molar-refractivity contribution in [2.75, 3.05) is 58.7 Å². The maximum absolute atomic E-state index is 13.2. The lowest BCUT2D eigenvalue weighted by Gasteiger charge is -2.32. The van der Waals surface area contributed by atoms with Gasteiger partial charge in [0.1, 0.15) is 10.6 Å². The van der Waals surface area contributed by atoms with Crippen LogP contribution < -0.4 is 10.1 Å². The molecule has 0 saturated carbocycles. The van der Waals surface area contributed by atoms with Gasteiger partial charge in [-0.2, -0.15) is 4.31 Å². The summed E-state index contributed by atoms with van der Waals surface area (Å²) >= 11 is 0. The topological polar surface area (TPSA) is 99.3 Å². The quantitative estimate of drug-likeness (QED) is 0.654. The number of amides is 2. The van der Waals surface area contributed by atoms with Gasteiger partial charge in [0.15, 0.2) is 0 Å². The first-order valence-electron chi connectivity index (χ1n) is 11.9. The molecule has 2 amide bonds. The van der Waals surface area contributed by atoms with Crippen LogP contribution in [0.15, 0.2) is 47.4 Å². The molecule has 2 aromatic carbocycles. The van der Waals surface area contributed by atoms with Gasteiger partial charge >= 0.3 is 0 Å². The second kappa shape index (κ2) is 10.8. The van der Waals surface area contributed by atoms with E-state index in [4.69, 9.17) is 4.74 Å². The van der Waals surface area contributed by atoms with Crippen molar-refractivity contribution >= 4 is 27.5 Å². The van der Waals surface area contributed by atoms with Gasteiger partial charge in [0.05, 0.1) is 7.11 Å². The standard InChI is InChI=1S/C25H32N4O5S/c1-27-14-16-28(17-15-27)25(31)19-6-9-21(10-7-19)26-24(30)20-8-11-22(34-2)23(18-20)35(32,33)29-12-4-3-5-13-29/h6-11,18H,3-5,12-17H2,1-2H3,(H,26,30). The zero-order valence-corrected chi connectivity index (χ0v) is 21.0. The maximum Gasteiger partial charge on any atom is 0.255 e. The van der Waals surface area contributed by atoms with E-state index in [1.54, 1.807) is 24.3 Å². The van der Waals surface area contributed by atoms with Gasteiger partial charge in [0, 0.05) is 56.1 Å². The number of hydrogen-bond donors (Lipinski definition) is 1. The molecule has 4 rings (SSSR count). The summed E-state index contributed by atoms with van der Waals surface area (Å²) in [5.74, 6) is -0.265. The molecule has 188 valence electrons. The van der Waals surface area contributed by atoms with E-state index in [0.29, 0.717) is 37.4 Å². The van der Waals surface area contributed by atoms with Crippen LogP contribution in [0.5, 0.6) is 5.75 Å². The smallest absolute Gasteiger partial charge is 0.255 e. The number of benzene rings is 2. The molecule has 0 unspecified atom stereocenters. The Balaban J connectivity index is 1.48. The third kappa shape index (κ3) is 5.66. The van der Waals surface area contributed by atoms with Gasteiger partial charge in [0.25, 0.3) is 11.8 Å². The van der Waals surface area contributed by atoms with E-state index in [0.717, 1.165) is 32.4 Å². The fourth-order valence-corrected chi connectivity index (χ4v) is 6.05. The number of piperidine rings is 1. The molecule has 0 spiro atoms. The van der Waals surface area contributed by atoms with Crippen LogP contribution in [0.1, 0.15) is 40.0 Å². The first-order valence-corrected chi connectivity index (χ1v) is 13.3. The summed E-state index contributed by atoms with van der Waals surface area (Å²) in [4.78, 5) is 29.7. The Hall–Kier alpha value is -2.95. The Morgan fingerprint density at radius 3 is 2.11 bits per heavy atom. The van der Waals surface area contributed by atoms with E-state index in [9.17, 15) is 18.0 Å². The van der Waals surface area contributed by atoms with Crippen LogP contribution in [0.4, 0.5) is 5.69 Å². The molecule has 0 bridgehead atoms. The lowest BCUT2D eigenvalue weighted by molar-refractivity contribution is 0.0664. The molecular formula is C25H32N4O5S. The highest BCUT2D eigenvalue weighted by Gasteiger charge is 2.30. The molecule has 2 saturated heterocycles. The summed E-state index contributed by atoms with van der Waals surface area (Å²) in [6, 6.07) is 11.1. The van der Waals surface area contributed by atoms with Crippen LogP contribution in [-0.2, 0) is 10.0 Å². The summed E-state index contributed by atoms with van der Waals surface area (Å²) in [7, 11) is -0.332. The minimum atomic E-state index is -3.78. The molecule has 2 fully saturated rings. The molecule has 2 heterocycles. The number of likely N-dealkylation sites (N-methyl/N-ethyl adjacent to an activating group) is 1. The van der Waals surface area contributed by atoms with Crippen LogP contribution in [0, 0.1) is 0 Å². The first-order chi connectivity index (χ1) is 16.8. The molecule has 0 aliphatic carbocycles. The van der Waals surface area contributed by atoms with E-state index in [1.807, 2.05) is 11.9 Å². The number of nitrogens with one attached hydrogen (secondary N) is 1. The number of rotatable bonds is 6. The fraction of sp³-hybridized carbons (Fsp3) is 0.440. The van der Waals surface area contributed by atoms with Crippen LogP contribution in [0.2, 0.25) is 0 Å². The highest BCUT2D eigenvalue weighted by molar-refractivity contribution is 7.89. The molecule has 2 aromatic rings. The molecule has 0 aromatic heterocycles. The van der Waals surface area contributed by atoms with Crippen molar-refractivity contribution in [3.05, 3.63) is 53.6 Å². The van der Waals surface area contributed by atoms with Crippen molar-refractivity contribution in [1.29, 1.82) is 0 Å². The van der Waals surface area contributed by atoms with Gasteiger partial charge in [0.2, 0.25) is 10.0 Å². The second-order valence-corrected chi connectivity index (χ2v) is 10.9. The number of hydrogen-bond acceptors (Lipinski definition) is 6. The number of carbonyl (C=O) groups excluding carboxylic acids is 2. The number of methoxy groups -OCH3 is 1. The van der Waals surface area contributed by atoms with E-state index in [1.165, 1.54) is 29.6 Å². The molecule has 0 atom stereocenters. The molecule has 1 N–H and O–H groups in total. The predicted octanol–water partition coefficient (Wildman–Crippen LogP) is 2.51. The van der Waals surface area contributed by atoms with Crippen molar-refractivity contribution in [2.45, 2.75) is 24.2 Å². The molecule has 2 aliphatic heterocycles. The summed E-state index contributed by atoms with van der Waals surface area (Å²) in [6.07, 6.45) is 2.63. The van der Waals surface area contributed by atoms with E-state index < -0.39 is 15.9 Å². The Kier molecular flexibility index (Phi) is 7.73. The highest BCUT2D eigenvalue weighted by atomic mass is 32.2. The first kappa shape index (κ1) is 25.2. The maximum atomic E-state index is 13.2. The monoisotopic (exact) mass is 500 g/mol. The normalized spacial score (nSPS) is 17.7. The third-order valence-corrected chi connectivity index (χ3v) is 8.46. The number of piperazine rings is 1. The predicted molar refractivity (Wildman–Crippen MR) is 133 cm³/mol. The third-order valence-electron chi connectivity index (χ3n) is 6.54. The zero-order chi connectivity index (χ0) is 25.0. The van der Waals surface area contributed by atoms with Gasteiger partial charge in [-0.3, -0.25) is 9.59 Å². The SMILES string of the molecule is COc1ccc(C(=O)Nc2ccc(C(=O)N3CCN(C)CC3)cc2)cc1S(=O)(=O)N1CCCCC1. The molecule has 35 heavy (non-hydrogen) atoms. The fourth-order valence-electron chi connectivity index (χ4n) is 4.36. The number of sulfonamides is 1. The molecular weight excluding hydrogens is 468 g/mol. The average Bonchev–Trinajstić information content (AvgIpc) is 2.89. The molecule has 0 radical (unpaired) electrons. The Bertz CT molecular complexity index is 1170. The minimum absolute atomic E-state index is 0.0114. The van der Waals surface area contributed by atoms with Crippen molar-refractivity contribution in [3.63, 3.8) is 0 Å². The Morgan fingerprint density at radius 2 is 1.49 bits per heavy atom. The largest absolute Gasteiger partial charge is 0.495 e. The second-order valence-electron chi connectivity index (χ2n) is 8.96. The van der Waals surface area contributed by atoms with Gasteiger partial charge in [-0.05, 0) is 62.4 Å². The molecule has 2 aliphatic rings. The van der Waals surface area contributed by atoms with Crippen LogP contribution in [0.3, 0.4) is 0 Å². The van der Waals surface area contributed by atoms with Crippen molar-refractivity contribution < 1.29 is 22.7 Å². The minimum Gasteiger partial charge on any atom is -0.495 e. The Morgan fingerprint density at radius 1 is 0.857 bits per heavy atom. The van der Waals surface area contributed by atoms with Gasteiger partial charge in [-0.15, -0.1) is 0 Å². The lowest BCUT2D eigenvalue weighted by atomic mass is 10.1. The van der Waals surface area contributed by atoms with E-state index >= 15 is 0 Å². The van der Waals surface area contributed by atoms with Gasteiger partial charge in [-0.25, -0.2) is 8.42 Å².